The monoisotopic (exact) mass is 602 g/mol. The summed E-state index contributed by atoms with van der Waals surface area (Å²) in [4.78, 5) is 52.0. The van der Waals surface area contributed by atoms with Gasteiger partial charge in [0.15, 0.2) is 11.6 Å². The second-order valence-electron chi connectivity index (χ2n) is 10.9. The quantitative estimate of drug-likeness (QED) is 0.121. The average molecular weight is 603 g/mol. The number of allylic oxidation sites excluding steroid dienone is 1. The van der Waals surface area contributed by atoms with Crippen LogP contribution in [0.1, 0.15) is 128 Å². The lowest BCUT2D eigenvalue weighted by Gasteiger charge is -2.36. The van der Waals surface area contributed by atoms with Crippen LogP contribution in [0.4, 0.5) is 5.69 Å². The molecular weight excluding hydrogens is 540 g/mol. The van der Waals surface area contributed by atoms with E-state index in [1.807, 2.05) is 65.5 Å². The van der Waals surface area contributed by atoms with Gasteiger partial charge in [-0.15, -0.1) is 6.58 Å². The Morgan fingerprint density at radius 1 is 0.930 bits per heavy atom. The molecule has 0 spiro atoms. The number of hydrogen-bond donors (Lipinski definition) is 0. The minimum atomic E-state index is -0.117. The molecule has 0 N–H and O–H groups in total. The van der Waals surface area contributed by atoms with Crippen molar-refractivity contribution >= 4 is 28.9 Å². The van der Waals surface area contributed by atoms with E-state index >= 15 is 0 Å². The smallest absolute Gasteiger partial charge is 0.225 e. The lowest BCUT2D eigenvalue weighted by atomic mass is 9.91. The van der Waals surface area contributed by atoms with Crippen LogP contribution >= 0.6 is 0 Å². The fourth-order valence-electron chi connectivity index (χ4n) is 4.22. The molecule has 1 amide bonds. The predicted octanol–water partition coefficient (Wildman–Crippen LogP) is 8.20. The van der Waals surface area contributed by atoms with Crippen molar-refractivity contribution in [2.24, 2.45) is 11.8 Å². The summed E-state index contributed by atoms with van der Waals surface area (Å²) in [7, 11) is 0. The fourth-order valence-corrected chi connectivity index (χ4v) is 4.22. The van der Waals surface area contributed by atoms with Gasteiger partial charge in [-0.3, -0.25) is 19.2 Å². The van der Waals surface area contributed by atoms with Crippen LogP contribution < -0.4 is 4.90 Å². The van der Waals surface area contributed by atoms with E-state index in [4.69, 9.17) is 4.74 Å². The summed E-state index contributed by atoms with van der Waals surface area (Å²) in [5.74, 6) is 1.01. The Balaban J connectivity index is 0. The normalized spacial score (nSPS) is 12.9. The van der Waals surface area contributed by atoms with Gasteiger partial charge in [-0.05, 0) is 64.2 Å². The van der Waals surface area contributed by atoms with E-state index < -0.39 is 0 Å². The highest BCUT2D eigenvalue weighted by Gasteiger charge is 2.24. The van der Waals surface area contributed by atoms with Crippen molar-refractivity contribution in [1.29, 1.82) is 0 Å². The third kappa shape index (κ3) is 17.8. The van der Waals surface area contributed by atoms with Crippen LogP contribution in [0.15, 0.2) is 30.9 Å². The molecule has 246 valence electrons. The van der Waals surface area contributed by atoms with Crippen LogP contribution in [0.3, 0.4) is 0 Å². The van der Waals surface area contributed by atoms with Crippen molar-refractivity contribution in [2.45, 2.75) is 108 Å². The van der Waals surface area contributed by atoms with E-state index in [0.29, 0.717) is 68.6 Å². The lowest BCUT2D eigenvalue weighted by Crippen LogP contribution is -2.49. The van der Waals surface area contributed by atoms with E-state index in [-0.39, 0.29) is 23.4 Å². The first kappa shape index (κ1) is 42.3. The highest BCUT2D eigenvalue weighted by Crippen LogP contribution is 2.25. The number of rotatable bonds is 14. The van der Waals surface area contributed by atoms with Crippen molar-refractivity contribution in [1.82, 2.24) is 4.90 Å². The predicted molar refractivity (Wildman–Crippen MR) is 181 cm³/mol. The van der Waals surface area contributed by atoms with Gasteiger partial charge in [0, 0.05) is 68.4 Å². The number of carbonyl (C=O) groups is 4. The van der Waals surface area contributed by atoms with Crippen molar-refractivity contribution in [3.05, 3.63) is 42.0 Å². The van der Waals surface area contributed by atoms with E-state index in [1.54, 1.807) is 12.1 Å². The second-order valence-corrected chi connectivity index (χ2v) is 10.9. The van der Waals surface area contributed by atoms with E-state index in [9.17, 15) is 19.2 Å². The molecule has 43 heavy (non-hydrogen) atoms. The van der Waals surface area contributed by atoms with E-state index in [0.717, 1.165) is 37.8 Å². The molecule has 1 atom stereocenters. The Labute approximate surface area is 263 Å². The summed E-state index contributed by atoms with van der Waals surface area (Å²) < 4.78 is 5.26. The maximum Gasteiger partial charge on any atom is 0.225 e. The number of carbonyl (C=O) groups excluding carboxylic acids is 4. The zero-order chi connectivity index (χ0) is 33.4. The molecule has 7 nitrogen and oxygen atoms in total. The minimum Gasteiger partial charge on any atom is -0.381 e. The molecule has 1 aromatic carbocycles. The fraction of sp³-hybridized carbons (Fsp3) is 0.667. The van der Waals surface area contributed by atoms with Crippen LogP contribution in [0, 0.1) is 11.8 Å². The van der Waals surface area contributed by atoms with E-state index in [2.05, 4.69) is 25.3 Å². The summed E-state index contributed by atoms with van der Waals surface area (Å²) in [5.41, 5.74) is 1.92. The van der Waals surface area contributed by atoms with Crippen molar-refractivity contribution in [3.63, 3.8) is 0 Å². The number of Topliss-reactive ketones (excluding diaryl/α,β-unsaturated/α-hetero) is 3. The molecule has 0 saturated carbocycles. The second kappa shape index (κ2) is 25.7. The number of amides is 1. The summed E-state index contributed by atoms with van der Waals surface area (Å²) in [6.07, 6.45) is 6.51. The topological polar surface area (TPSA) is 84.0 Å². The average Bonchev–Trinajstić information content (AvgIpc) is 3.01. The summed E-state index contributed by atoms with van der Waals surface area (Å²) in [6.45, 7) is 26.7. The molecule has 0 radical (unpaired) electrons. The van der Waals surface area contributed by atoms with Crippen LogP contribution in [-0.4, -0.2) is 67.5 Å². The van der Waals surface area contributed by atoms with Crippen LogP contribution in [0.5, 0.6) is 0 Å². The van der Waals surface area contributed by atoms with Crippen molar-refractivity contribution in [3.8, 4) is 0 Å². The first-order chi connectivity index (χ1) is 20.5. The van der Waals surface area contributed by atoms with Gasteiger partial charge in [0.05, 0.1) is 13.0 Å². The molecule has 0 bridgehead atoms. The summed E-state index contributed by atoms with van der Waals surface area (Å²) in [6, 6.07) is 5.50. The highest BCUT2D eigenvalue weighted by molar-refractivity contribution is 6.09. The van der Waals surface area contributed by atoms with Crippen molar-refractivity contribution < 1.29 is 23.9 Å². The third-order valence-corrected chi connectivity index (χ3v) is 6.90. The van der Waals surface area contributed by atoms with Crippen LogP contribution in [0.2, 0.25) is 0 Å². The number of benzene rings is 1. The Morgan fingerprint density at radius 3 is 1.98 bits per heavy atom. The molecular formula is C36H62N2O5. The molecule has 2 rings (SSSR count). The zero-order valence-corrected chi connectivity index (χ0v) is 29.1. The molecule has 0 aromatic heterocycles. The van der Waals surface area contributed by atoms with Gasteiger partial charge in [0.2, 0.25) is 5.91 Å². The molecule has 1 heterocycles. The Morgan fingerprint density at radius 2 is 1.51 bits per heavy atom. The molecule has 0 aliphatic carbocycles. The van der Waals surface area contributed by atoms with Gasteiger partial charge in [0.25, 0.3) is 0 Å². The Bertz CT molecular complexity index is 949. The molecule has 1 unspecified atom stereocenters. The number of nitrogens with zero attached hydrogens (tertiary/aromatic N) is 2. The molecule has 7 heteroatoms. The first-order valence-electron chi connectivity index (χ1n) is 16.3. The van der Waals surface area contributed by atoms with Gasteiger partial charge in [0.1, 0.15) is 5.78 Å². The number of anilines is 1. The van der Waals surface area contributed by atoms with Crippen LogP contribution in [0.25, 0.3) is 0 Å². The maximum absolute atomic E-state index is 12.8. The Hall–Kier alpha value is -2.80. The maximum atomic E-state index is 12.8. The van der Waals surface area contributed by atoms with Gasteiger partial charge < -0.3 is 14.5 Å². The molecule has 1 aliphatic heterocycles. The first-order valence-corrected chi connectivity index (χ1v) is 16.3. The molecule has 1 saturated heterocycles. The number of piperazine rings is 1. The Kier molecular flexibility index (Phi) is 25.3. The highest BCUT2D eigenvalue weighted by atomic mass is 16.5. The third-order valence-electron chi connectivity index (χ3n) is 6.90. The molecule has 1 aromatic rings. The molecule has 1 aliphatic rings. The number of ether oxygens (including phenoxy) is 1. The summed E-state index contributed by atoms with van der Waals surface area (Å²) in [5, 5.41) is 0. The van der Waals surface area contributed by atoms with Gasteiger partial charge in [-0.2, -0.15) is 0 Å². The molecule has 1 fully saturated rings. The van der Waals surface area contributed by atoms with Gasteiger partial charge in [-0.25, -0.2) is 0 Å². The SMILES string of the molecule is C=CC.CC.CCCC(=O)CCC(C)C.CCOCCC(=O)N1CCN(c2ccc(C(C)=O)c(C(=O)C(C)CC)c2)CC1. The number of ketones is 3. The van der Waals surface area contributed by atoms with Gasteiger partial charge >= 0.3 is 0 Å². The zero-order valence-electron chi connectivity index (χ0n) is 29.1. The van der Waals surface area contributed by atoms with Gasteiger partial charge in [-0.1, -0.05) is 54.5 Å². The standard InChI is InChI=1S/C22H32N2O4.C9H18O.C3H6.C2H6/c1-5-16(3)22(27)20-15-18(7-8-19(20)17(4)25)23-10-12-24(13-11-23)21(26)9-14-28-6-2;1-4-5-9(10)7-6-8(2)3;1-3-2;1-2/h7-8,15-16H,5-6,9-14H2,1-4H3;8H,4-7H2,1-3H3;3H,1H2,2H3;1-2H3. The van der Waals surface area contributed by atoms with E-state index in [1.165, 1.54) is 6.92 Å². The van der Waals surface area contributed by atoms with Crippen LogP contribution in [-0.2, 0) is 14.3 Å². The summed E-state index contributed by atoms with van der Waals surface area (Å²) >= 11 is 0. The largest absolute Gasteiger partial charge is 0.381 e. The number of hydrogen-bond acceptors (Lipinski definition) is 6. The lowest BCUT2D eigenvalue weighted by molar-refractivity contribution is -0.132. The minimum absolute atomic E-state index is 0.0132. The van der Waals surface area contributed by atoms with Crippen molar-refractivity contribution in [2.75, 3.05) is 44.3 Å².